The van der Waals surface area contributed by atoms with Crippen molar-refractivity contribution in [3.05, 3.63) is 59.2 Å². The molecule has 0 spiro atoms. The standard InChI is InChI=1S/C14H9FN2O3/c15-12-5-9(6-16)1-4-13(12)20-8-11-3-2-10(7-17-11)14(18)19/h1-5,7H,8H2,(H,18,19). The normalized spacial score (nSPS) is 9.80. The van der Waals surface area contributed by atoms with Crippen molar-refractivity contribution in [2.75, 3.05) is 0 Å². The van der Waals surface area contributed by atoms with E-state index in [0.717, 1.165) is 6.07 Å². The van der Waals surface area contributed by atoms with Gasteiger partial charge in [-0.1, -0.05) is 0 Å². The van der Waals surface area contributed by atoms with Crippen molar-refractivity contribution in [3.8, 4) is 11.8 Å². The molecule has 0 saturated carbocycles. The molecule has 20 heavy (non-hydrogen) atoms. The van der Waals surface area contributed by atoms with Crippen molar-refractivity contribution in [3.63, 3.8) is 0 Å². The summed E-state index contributed by atoms with van der Waals surface area (Å²) in [7, 11) is 0. The number of rotatable bonds is 4. The third kappa shape index (κ3) is 3.09. The highest BCUT2D eigenvalue weighted by atomic mass is 19.1. The third-order valence-electron chi connectivity index (χ3n) is 2.51. The molecule has 1 N–H and O–H groups in total. The summed E-state index contributed by atoms with van der Waals surface area (Å²) >= 11 is 0. The van der Waals surface area contributed by atoms with Crippen molar-refractivity contribution in [2.24, 2.45) is 0 Å². The molecule has 0 radical (unpaired) electrons. The van der Waals surface area contributed by atoms with Gasteiger partial charge in [-0.3, -0.25) is 4.98 Å². The van der Waals surface area contributed by atoms with Crippen LogP contribution in [0.3, 0.4) is 0 Å². The molecular formula is C14H9FN2O3. The van der Waals surface area contributed by atoms with Crippen LogP contribution in [0.4, 0.5) is 4.39 Å². The van der Waals surface area contributed by atoms with Crippen LogP contribution in [-0.4, -0.2) is 16.1 Å². The largest absolute Gasteiger partial charge is 0.484 e. The van der Waals surface area contributed by atoms with E-state index in [9.17, 15) is 9.18 Å². The van der Waals surface area contributed by atoms with Crippen LogP contribution < -0.4 is 4.74 Å². The van der Waals surface area contributed by atoms with Crippen LogP contribution in [0.25, 0.3) is 0 Å². The van der Waals surface area contributed by atoms with Crippen molar-refractivity contribution >= 4 is 5.97 Å². The van der Waals surface area contributed by atoms with E-state index in [1.54, 1.807) is 0 Å². The molecule has 0 bridgehead atoms. The minimum Gasteiger partial charge on any atom is -0.484 e. The molecular weight excluding hydrogens is 263 g/mol. The molecule has 0 unspecified atom stereocenters. The number of hydrogen-bond donors (Lipinski definition) is 1. The molecule has 0 atom stereocenters. The van der Waals surface area contributed by atoms with Crippen LogP contribution in [0.15, 0.2) is 36.5 Å². The minimum absolute atomic E-state index is 0.00270. The Labute approximate surface area is 113 Å². The number of nitriles is 1. The maximum Gasteiger partial charge on any atom is 0.337 e. The lowest BCUT2D eigenvalue weighted by molar-refractivity contribution is 0.0696. The van der Waals surface area contributed by atoms with E-state index >= 15 is 0 Å². The number of carbonyl (C=O) groups is 1. The second-order valence-corrected chi connectivity index (χ2v) is 3.89. The summed E-state index contributed by atoms with van der Waals surface area (Å²) in [6, 6.07) is 8.59. The van der Waals surface area contributed by atoms with Gasteiger partial charge in [0.1, 0.15) is 6.61 Å². The van der Waals surface area contributed by atoms with Gasteiger partial charge in [0, 0.05) is 6.20 Å². The third-order valence-corrected chi connectivity index (χ3v) is 2.51. The van der Waals surface area contributed by atoms with Crippen LogP contribution >= 0.6 is 0 Å². The Morgan fingerprint density at radius 1 is 1.40 bits per heavy atom. The molecule has 0 aliphatic rings. The highest BCUT2D eigenvalue weighted by Crippen LogP contribution is 2.19. The summed E-state index contributed by atoms with van der Waals surface area (Å²) < 4.78 is 18.8. The quantitative estimate of drug-likeness (QED) is 0.923. The fraction of sp³-hybridized carbons (Fsp3) is 0.0714. The molecule has 1 aromatic heterocycles. The Bertz CT molecular complexity index is 678. The van der Waals surface area contributed by atoms with Gasteiger partial charge >= 0.3 is 5.97 Å². The van der Waals surface area contributed by atoms with Gasteiger partial charge in [-0.25, -0.2) is 9.18 Å². The van der Waals surface area contributed by atoms with E-state index in [0.29, 0.717) is 5.69 Å². The number of nitrogens with zero attached hydrogens (tertiary/aromatic N) is 2. The summed E-state index contributed by atoms with van der Waals surface area (Å²) in [5, 5.41) is 17.3. The lowest BCUT2D eigenvalue weighted by Gasteiger charge is -2.07. The Kier molecular flexibility index (Phi) is 3.91. The second-order valence-electron chi connectivity index (χ2n) is 3.89. The van der Waals surface area contributed by atoms with Crippen LogP contribution in [0.2, 0.25) is 0 Å². The molecule has 0 amide bonds. The number of hydrogen-bond acceptors (Lipinski definition) is 4. The first-order chi connectivity index (χ1) is 9.60. The van der Waals surface area contributed by atoms with Gasteiger partial charge in [-0.15, -0.1) is 0 Å². The van der Waals surface area contributed by atoms with E-state index in [-0.39, 0.29) is 23.5 Å². The Hall–Kier alpha value is -2.94. The zero-order chi connectivity index (χ0) is 14.5. The minimum atomic E-state index is -1.07. The Balaban J connectivity index is 2.05. The summed E-state index contributed by atoms with van der Waals surface area (Å²) in [5.74, 6) is -1.69. The Morgan fingerprint density at radius 2 is 2.20 bits per heavy atom. The van der Waals surface area contributed by atoms with E-state index in [1.165, 1.54) is 30.5 Å². The second kappa shape index (κ2) is 5.80. The molecule has 0 aliphatic carbocycles. The summed E-state index contributed by atoms with van der Waals surface area (Å²) in [6.07, 6.45) is 1.20. The van der Waals surface area contributed by atoms with Gasteiger partial charge in [-0.2, -0.15) is 5.26 Å². The van der Waals surface area contributed by atoms with Crippen molar-refractivity contribution < 1.29 is 19.0 Å². The summed E-state index contributed by atoms with van der Waals surface area (Å²) in [4.78, 5) is 14.5. The molecule has 6 heteroatoms. The average Bonchev–Trinajstić information content (AvgIpc) is 2.46. The topological polar surface area (TPSA) is 83.2 Å². The number of pyridine rings is 1. The molecule has 1 heterocycles. The molecule has 100 valence electrons. The average molecular weight is 272 g/mol. The van der Waals surface area contributed by atoms with Crippen molar-refractivity contribution in [2.45, 2.75) is 6.61 Å². The van der Waals surface area contributed by atoms with Crippen LogP contribution in [0, 0.1) is 17.1 Å². The number of carboxylic acid groups (broad SMARTS) is 1. The van der Waals surface area contributed by atoms with Crippen molar-refractivity contribution in [1.82, 2.24) is 4.98 Å². The van der Waals surface area contributed by atoms with Gasteiger partial charge < -0.3 is 9.84 Å². The zero-order valence-corrected chi connectivity index (χ0v) is 10.2. The van der Waals surface area contributed by atoms with E-state index in [4.69, 9.17) is 15.1 Å². The number of aromatic carboxylic acids is 1. The molecule has 1 aromatic carbocycles. The summed E-state index contributed by atoms with van der Waals surface area (Å²) in [6.45, 7) is 0.00270. The van der Waals surface area contributed by atoms with E-state index in [2.05, 4.69) is 4.98 Å². The molecule has 0 aliphatic heterocycles. The Morgan fingerprint density at radius 3 is 2.75 bits per heavy atom. The van der Waals surface area contributed by atoms with Crippen LogP contribution in [0.1, 0.15) is 21.6 Å². The molecule has 2 aromatic rings. The predicted octanol–water partition coefficient (Wildman–Crippen LogP) is 2.37. The highest BCUT2D eigenvalue weighted by molar-refractivity contribution is 5.87. The fourth-order valence-corrected chi connectivity index (χ4v) is 1.48. The zero-order valence-electron chi connectivity index (χ0n) is 10.2. The molecule has 0 saturated heterocycles. The van der Waals surface area contributed by atoms with Crippen LogP contribution in [-0.2, 0) is 6.61 Å². The highest BCUT2D eigenvalue weighted by Gasteiger charge is 2.07. The monoisotopic (exact) mass is 272 g/mol. The van der Waals surface area contributed by atoms with Gasteiger partial charge in [-0.05, 0) is 30.3 Å². The van der Waals surface area contributed by atoms with E-state index in [1.807, 2.05) is 6.07 Å². The van der Waals surface area contributed by atoms with Crippen LogP contribution in [0.5, 0.6) is 5.75 Å². The fourth-order valence-electron chi connectivity index (χ4n) is 1.48. The number of aromatic nitrogens is 1. The van der Waals surface area contributed by atoms with Gasteiger partial charge in [0.25, 0.3) is 0 Å². The lowest BCUT2D eigenvalue weighted by atomic mass is 10.2. The molecule has 0 fully saturated rings. The number of ether oxygens (including phenoxy) is 1. The predicted molar refractivity (Wildman–Crippen MR) is 66.6 cm³/mol. The SMILES string of the molecule is N#Cc1ccc(OCc2ccc(C(=O)O)cn2)c(F)c1. The lowest BCUT2D eigenvalue weighted by Crippen LogP contribution is -2.02. The number of halogens is 1. The first-order valence-electron chi connectivity index (χ1n) is 5.61. The maximum absolute atomic E-state index is 13.5. The van der Waals surface area contributed by atoms with E-state index < -0.39 is 11.8 Å². The van der Waals surface area contributed by atoms with Crippen molar-refractivity contribution in [1.29, 1.82) is 5.26 Å². The summed E-state index contributed by atoms with van der Waals surface area (Å²) in [5.41, 5.74) is 0.746. The number of benzene rings is 1. The van der Waals surface area contributed by atoms with Gasteiger partial charge in [0.05, 0.1) is 22.9 Å². The smallest absolute Gasteiger partial charge is 0.337 e. The molecule has 5 nitrogen and oxygen atoms in total. The van der Waals surface area contributed by atoms with Gasteiger partial charge in [0.2, 0.25) is 0 Å². The first kappa shape index (κ1) is 13.5. The number of carboxylic acids is 1. The first-order valence-corrected chi connectivity index (χ1v) is 5.61. The maximum atomic E-state index is 13.5. The molecule has 2 rings (SSSR count). The van der Waals surface area contributed by atoms with Gasteiger partial charge in [0.15, 0.2) is 11.6 Å².